The Bertz CT molecular complexity index is 1830. The Kier molecular flexibility index (Phi) is 5.20. The van der Waals surface area contributed by atoms with Crippen molar-refractivity contribution in [1.82, 2.24) is 14.4 Å². The second kappa shape index (κ2) is 8.41. The topological polar surface area (TPSA) is 81.4 Å². The Morgan fingerprint density at radius 2 is 1.71 bits per heavy atom. The van der Waals surface area contributed by atoms with Crippen LogP contribution in [0.1, 0.15) is 22.3 Å². The largest absolute Gasteiger partial charge is 0.294 e. The molecule has 35 heavy (non-hydrogen) atoms. The SMILES string of the molecule is O=C(CCc1ccc(S(=O)(=O)c2cccc3c2sc2ccccc23)cc1)c1cnc2nccn2c1. The van der Waals surface area contributed by atoms with E-state index in [2.05, 4.69) is 9.97 Å². The maximum atomic E-state index is 13.5. The average Bonchev–Trinajstić information content (AvgIpc) is 3.51. The van der Waals surface area contributed by atoms with Crippen LogP contribution in [0.25, 0.3) is 25.9 Å². The first kappa shape index (κ1) is 21.6. The quantitative estimate of drug-likeness (QED) is 0.274. The third-order valence-electron chi connectivity index (χ3n) is 6.10. The van der Waals surface area contributed by atoms with Crippen LogP contribution in [-0.2, 0) is 16.3 Å². The zero-order valence-electron chi connectivity index (χ0n) is 18.5. The van der Waals surface area contributed by atoms with Crippen LogP contribution in [0, 0.1) is 0 Å². The molecule has 0 aliphatic rings. The second-order valence-corrected chi connectivity index (χ2v) is 11.2. The van der Waals surface area contributed by atoms with E-state index in [1.54, 1.807) is 59.4 Å². The predicted molar refractivity (Wildman–Crippen MR) is 137 cm³/mol. The maximum absolute atomic E-state index is 13.5. The third-order valence-corrected chi connectivity index (χ3v) is 9.26. The van der Waals surface area contributed by atoms with Gasteiger partial charge in [-0.3, -0.25) is 9.20 Å². The Hall–Kier alpha value is -3.88. The van der Waals surface area contributed by atoms with Crippen molar-refractivity contribution in [3.63, 3.8) is 0 Å². The highest BCUT2D eigenvalue weighted by molar-refractivity contribution is 7.92. The van der Waals surface area contributed by atoms with Gasteiger partial charge in [0.25, 0.3) is 0 Å². The molecular weight excluding hydrogens is 478 g/mol. The van der Waals surface area contributed by atoms with E-state index in [1.165, 1.54) is 17.5 Å². The zero-order valence-corrected chi connectivity index (χ0v) is 20.1. The molecule has 6 rings (SSSR count). The van der Waals surface area contributed by atoms with Crippen molar-refractivity contribution in [3.8, 4) is 0 Å². The Balaban J connectivity index is 1.24. The molecule has 0 unspecified atom stereocenters. The highest BCUT2D eigenvalue weighted by Crippen LogP contribution is 2.39. The normalized spacial score (nSPS) is 12.0. The zero-order chi connectivity index (χ0) is 24.0. The number of benzene rings is 3. The van der Waals surface area contributed by atoms with Crippen molar-refractivity contribution >= 4 is 52.9 Å². The molecule has 3 aromatic carbocycles. The maximum Gasteiger partial charge on any atom is 0.233 e. The molecule has 0 aliphatic heterocycles. The molecule has 0 fully saturated rings. The second-order valence-electron chi connectivity index (χ2n) is 8.28. The molecule has 6 aromatic rings. The molecule has 0 saturated carbocycles. The monoisotopic (exact) mass is 497 g/mol. The van der Waals surface area contributed by atoms with Crippen LogP contribution in [0.3, 0.4) is 0 Å². The number of aryl methyl sites for hydroxylation is 1. The first-order valence-electron chi connectivity index (χ1n) is 11.1. The summed E-state index contributed by atoms with van der Waals surface area (Å²) >= 11 is 1.50. The van der Waals surface area contributed by atoms with Gasteiger partial charge in [0, 0.05) is 46.7 Å². The van der Waals surface area contributed by atoms with E-state index >= 15 is 0 Å². The van der Waals surface area contributed by atoms with Gasteiger partial charge in [0.2, 0.25) is 15.6 Å². The molecule has 172 valence electrons. The van der Waals surface area contributed by atoms with Gasteiger partial charge < -0.3 is 0 Å². The highest BCUT2D eigenvalue weighted by Gasteiger charge is 2.22. The van der Waals surface area contributed by atoms with Crippen molar-refractivity contribution in [3.05, 3.63) is 103 Å². The van der Waals surface area contributed by atoms with E-state index in [0.717, 1.165) is 25.7 Å². The average molecular weight is 498 g/mol. The smallest absolute Gasteiger partial charge is 0.233 e. The first-order chi connectivity index (χ1) is 17.0. The molecule has 0 amide bonds. The summed E-state index contributed by atoms with van der Waals surface area (Å²) in [5.41, 5.74) is 1.42. The first-order valence-corrected chi connectivity index (χ1v) is 13.4. The summed E-state index contributed by atoms with van der Waals surface area (Å²) < 4.78 is 30.6. The number of nitrogens with zero attached hydrogens (tertiary/aromatic N) is 3. The number of aromatic nitrogens is 3. The summed E-state index contributed by atoms with van der Waals surface area (Å²) in [6, 6.07) is 20.2. The van der Waals surface area contributed by atoms with Gasteiger partial charge in [0.1, 0.15) is 0 Å². The highest BCUT2D eigenvalue weighted by atomic mass is 32.2. The number of rotatable bonds is 6. The van der Waals surface area contributed by atoms with Crippen molar-refractivity contribution in [1.29, 1.82) is 0 Å². The number of hydrogen-bond acceptors (Lipinski definition) is 6. The summed E-state index contributed by atoms with van der Waals surface area (Å²) in [6.07, 6.45) is 7.45. The van der Waals surface area contributed by atoms with E-state index in [-0.39, 0.29) is 10.7 Å². The van der Waals surface area contributed by atoms with Gasteiger partial charge in [0.15, 0.2) is 5.78 Å². The molecular formula is C27H19N3O3S2. The Morgan fingerprint density at radius 1 is 0.914 bits per heavy atom. The van der Waals surface area contributed by atoms with Crippen LogP contribution >= 0.6 is 11.3 Å². The van der Waals surface area contributed by atoms with Crippen LogP contribution < -0.4 is 0 Å². The van der Waals surface area contributed by atoms with E-state index in [9.17, 15) is 13.2 Å². The van der Waals surface area contributed by atoms with E-state index in [0.29, 0.717) is 29.1 Å². The van der Waals surface area contributed by atoms with Gasteiger partial charge in [-0.15, -0.1) is 11.3 Å². The molecule has 3 heterocycles. The van der Waals surface area contributed by atoms with Gasteiger partial charge in [0.05, 0.1) is 20.1 Å². The molecule has 3 aromatic heterocycles. The van der Waals surface area contributed by atoms with Gasteiger partial charge in [-0.25, -0.2) is 18.4 Å². The van der Waals surface area contributed by atoms with Crippen LogP contribution in [0.5, 0.6) is 0 Å². The number of sulfone groups is 1. The molecule has 0 aliphatic carbocycles. The molecule has 0 radical (unpaired) electrons. The molecule has 0 bridgehead atoms. The summed E-state index contributed by atoms with van der Waals surface area (Å²) in [7, 11) is -3.69. The van der Waals surface area contributed by atoms with Crippen molar-refractivity contribution in [2.24, 2.45) is 0 Å². The lowest BCUT2D eigenvalue weighted by atomic mass is 10.0. The third kappa shape index (κ3) is 3.80. The van der Waals surface area contributed by atoms with Crippen LogP contribution in [0.4, 0.5) is 0 Å². The molecule has 8 heteroatoms. The summed E-state index contributed by atoms with van der Waals surface area (Å²) in [6.45, 7) is 0. The molecule has 0 N–H and O–H groups in total. The summed E-state index contributed by atoms with van der Waals surface area (Å²) in [5, 5.41) is 2.01. The number of carbonyl (C=O) groups excluding carboxylic acids is 1. The van der Waals surface area contributed by atoms with Crippen molar-refractivity contribution in [2.75, 3.05) is 0 Å². The van der Waals surface area contributed by atoms with Gasteiger partial charge in [-0.2, -0.15) is 0 Å². The van der Waals surface area contributed by atoms with Gasteiger partial charge in [-0.1, -0.05) is 42.5 Å². The predicted octanol–water partition coefficient (Wildman–Crippen LogP) is 5.75. The fourth-order valence-electron chi connectivity index (χ4n) is 4.26. The lowest BCUT2D eigenvalue weighted by Crippen LogP contribution is -2.05. The van der Waals surface area contributed by atoms with Crippen LogP contribution in [0.15, 0.2) is 101 Å². The Labute approximate surface area is 205 Å². The van der Waals surface area contributed by atoms with Crippen molar-refractivity contribution < 1.29 is 13.2 Å². The fraction of sp³-hybridized carbons (Fsp3) is 0.0741. The number of thiophene rings is 1. The number of carbonyl (C=O) groups is 1. The summed E-state index contributed by atoms with van der Waals surface area (Å²) in [4.78, 5) is 21.5. The number of imidazole rings is 1. The fourth-order valence-corrected chi connectivity index (χ4v) is 7.18. The van der Waals surface area contributed by atoms with Crippen molar-refractivity contribution in [2.45, 2.75) is 22.6 Å². The number of Topliss-reactive ketones (excluding diaryl/α,β-unsaturated/α-hetero) is 1. The molecule has 0 atom stereocenters. The minimum absolute atomic E-state index is 0.0266. The minimum atomic E-state index is -3.69. The summed E-state index contributed by atoms with van der Waals surface area (Å²) in [5.74, 6) is 0.519. The Morgan fingerprint density at radius 3 is 2.57 bits per heavy atom. The van der Waals surface area contributed by atoms with Gasteiger partial charge in [-0.05, 0) is 36.2 Å². The van der Waals surface area contributed by atoms with E-state index < -0.39 is 9.84 Å². The standard InChI is InChI=1S/C27H19N3O3S2/c31-23(19-16-29-27-28-14-15-30(27)17-19)13-10-18-8-11-20(12-9-18)35(32,33)25-7-3-5-22-21-4-1-2-6-24(21)34-26(22)25/h1-9,11-12,14-17H,10,13H2. The molecule has 0 saturated heterocycles. The van der Waals surface area contributed by atoms with Gasteiger partial charge >= 0.3 is 0 Å². The number of fused-ring (bicyclic) bond motifs is 4. The molecule has 0 spiro atoms. The number of ketones is 1. The molecule has 6 nitrogen and oxygen atoms in total. The lowest BCUT2D eigenvalue weighted by Gasteiger charge is -2.08. The van der Waals surface area contributed by atoms with Crippen LogP contribution in [0.2, 0.25) is 0 Å². The van der Waals surface area contributed by atoms with E-state index in [4.69, 9.17) is 0 Å². The van der Waals surface area contributed by atoms with Crippen LogP contribution in [-0.4, -0.2) is 28.6 Å². The van der Waals surface area contributed by atoms with E-state index in [1.807, 2.05) is 30.3 Å². The number of hydrogen-bond donors (Lipinski definition) is 0. The lowest BCUT2D eigenvalue weighted by molar-refractivity contribution is 0.0982. The minimum Gasteiger partial charge on any atom is -0.294 e.